The van der Waals surface area contributed by atoms with E-state index in [0.29, 0.717) is 0 Å². The van der Waals surface area contributed by atoms with Gasteiger partial charge in [-0.3, -0.25) is 0 Å². The average Bonchev–Trinajstić information content (AvgIpc) is 2.71. The number of nitrogens with one attached hydrogen (secondary N) is 1. The van der Waals surface area contributed by atoms with Gasteiger partial charge in [-0.15, -0.1) is 0 Å². The van der Waals surface area contributed by atoms with Crippen molar-refractivity contribution < 1.29 is 9.63 Å². The highest BCUT2D eigenvalue weighted by molar-refractivity contribution is 6.04. The zero-order valence-electron chi connectivity index (χ0n) is 12.2. The van der Waals surface area contributed by atoms with Crippen LogP contribution in [0.2, 0.25) is 0 Å². The van der Waals surface area contributed by atoms with Gasteiger partial charge in [0, 0.05) is 17.0 Å². The maximum Gasteiger partial charge on any atom is 0.337 e. The number of aromatic amines is 1. The topological polar surface area (TPSA) is 54.4 Å². The molecule has 1 N–H and O–H groups in total. The summed E-state index contributed by atoms with van der Waals surface area (Å²) < 4.78 is 0. The number of aryl methyl sites for hydroxylation is 2. The molecule has 0 bridgehead atoms. The van der Waals surface area contributed by atoms with Gasteiger partial charge in [0.25, 0.3) is 0 Å². The Kier molecular flexibility index (Phi) is 4.08. The van der Waals surface area contributed by atoms with Gasteiger partial charge in [0.1, 0.15) is 0 Å². The smallest absolute Gasteiger partial charge is 0.337 e. The lowest BCUT2D eigenvalue weighted by atomic mass is 9.92. The first-order valence-electron chi connectivity index (χ1n) is 7.03. The molecule has 0 saturated carbocycles. The summed E-state index contributed by atoms with van der Waals surface area (Å²) in [6.07, 6.45) is 3.94. The molecule has 0 spiro atoms. The Balaban J connectivity index is 2.31. The third kappa shape index (κ3) is 2.72. The summed E-state index contributed by atoms with van der Waals surface area (Å²) in [4.78, 5) is 20.0. The van der Waals surface area contributed by atoms with Crippen molar-refractivity contribution in [3.05, 3.63) is 22.5 Å². The number of hydrogen-bond donors (Lipinski definition) is 1. The summed E-state index contributed by atoms with van der Waals surface area (Å²) in [5.41, 5.74) is 5.84. The lowest BCUT2D eigenvalue weighted by molar-refractivity contribution is -0.147. The van der Waals surface area contributed by atoms with Crippen LogP contribution in [-0.4, -0.2) is 16.7 Å². The molecule has 104 valence electrons. The van der Waals surface area contributed by atoms with Gasteiger partial charge in [0.15, 0.2) is 0 Å². The van der Waals surface area contributed by atoms with Gasteiger partial charge in [-0.25, -0.2) is 4.79 Å². The number of oxime groups is 1. The van der Waals surface area contributed by atoms with E-state index in [4.69, 9.17) is 4.84 Å². The molecule has 0 atom stereocenters. The molecule has 19 heavy (non-hydrogen) atoms. The summed E-state index contributed by atoms with van der Waals surface area (Å²) >= 11 is 0. The molecule has 1 heterocycles. The molecule has 1 aliphatic carbocycles. The van der Waals surface area contributed by atoms with Crippen molar-refractivity contribution in [1.82, 2.24) is 4.98 Å². The number of rotatable bonds is 3. The first kappa shape index (κ1) is 13.8. The minimum atomic E-state index is -0.273. The van der Waals surface area contributed by atoms with E-state index in [1.54, 1.807) is 0 Å². The van der Waals surface area contributed by atoms with E-state index in [9.17, 15) is 4.79 Å². The molecule has 0 fully saturated rings. The van der Waals surface area contributed by atoms with Crippen molar-refractivity contribution >= 4 is 11.7 Å². The van der Waals surface area contributed by atoms with Gasteiger partial charge in [0.05, 0.1) is 11.6 Å². The van der Waals surface area contributed by atoms with Crippen LogP contribution >= 0.6 is 0 Å². The van der Waals surface area contributed by atoms with E-state index in [1.807, 2.05) is 13.8 Å². The second-order valence-electron chi connectivity index (χ2n) is 5.39. The quantitative estimate of drug-likeness (QED) is 0.672. The molecule has 2 rings (SSSR count). The predicted molar refractivity (Wildman–Crippen MR) is 75.3 cm³/mol. The fraction of sp³-hybridized carbons (Fsp3) is 0.600. The van der Waals surface area contributed by atoms with Crippen LogP contribution in [0.4, 0.5) is 0 Å². The number of carbonyl (C=O) groups excluding carboxylic acids is 1. The molecule has 0 amide bonds. The van der Waals surface area contributed by atoms with Crippen molar-refractivity contribution in [2.75, 3.05) is 0 Å². The maximum absolute atomic E-state index is 11.5. The van der Waals surface area contributed by atoms with E-state index < -0.39 is 0 Å². The van der Waals surface area contributed by atoms with E-state index in [0.717, 1.165) is 31.4 Å². The Morgan fingerprint density at radius 2 is 2.16 bits per heavy atom. The lowest BCUT2D eigenvalue weighted by Crippen LogP contribution is -2.15. The van der Waals surface area contributed by atoms with Gasteiger partial charge < -0.3 is 9.82 Å². The highest BCUT2D eigenvalue weighted by atomic mass is 16.7. The highest BCUT2D eigenvalue weighted by Gasteiger charge is 2.23. The molecule has 1 aliphatic rings. The van der Waals surface area contributed by atoms with Crippen LogP contribution in [-0.2, 0) is 22.5 Å². The molecular weight excluding hydrogens is 240 g/mol. The van der Waals surface area contributed by atoms with E-state index >= 15 is 0 Å². The van der Waals surface area contributed by atoms with Gasteiger partial charge >= 0.3 is 5.97 Å². The summed E-state index contributed by atoms with van der Waals surface area (Å²) in [6, 6.07) is 0. The number of nitrogens with zero attached hydrogens (tertiary/aromatic N) is 1. The Morgan fingerprint density at radius 3 is 2.79 bits per heavy atom. The highest BCUT2D eigenvalue weighted by Crippen LogP contribution is 2.27. The largest absolute Gasteiger partial charge is 0.362 e. The van der Waals surface area contributed by atoms with Crippen molar-refractivity contribution in [2.45, 2.75) is 53.4 Å². The molecule has 0 aromatic carbocycles. The third-order valence-corrected chi connectivity index (χ3v) is 3.59. The molecule has 0 aliphatic heterocycles. The number of H-pyrrole nitrogens is 1. The van der Waals surface area contributed by atoms with Crippen LogP contribution in [0.15, 0.2) is 5.16 Å². The normalized spacial score (nSPS) is 16.8. The van der Waals surface area contributed by atoms with Crippen LogP contribution < -0.4 is 0 Å². The number of fused-ring (bicyclic) bond motifs is 1. The van der Waals surface area contributed by atoms with Crippen LogP contribution in [0.3, 0.4) is 0 Å². The summed E-state index contributed by atoms with van der Waals surface area (Å²) in [7, 11) is 0. The van der Waals surface area contributed by atoms with Crippen molar-refractivity contribution in [1.29, 1.82) is 0 Å². The molecule has 0 radical (unpaired) electrons. The van der Waals surface area contributed by atoms with Crippen LogP contribution in [0.1, 0.15) is 56.1 Å². The minimum Gasteiger partial charge on any atom is -0.362 e. The molecule has 1 aromatic rings. The Labute approximate surface area is 114 Å². The Morgan fingerprint density at radius 1 is 1.42 bits per heavy atom. The Hall–Kier alpha value is -1.58. The van der Waals surface area contributed by atoms with Crippen LogP contribution in [0.5, 0.6) is 0 Å². The van der Waals surface area contributed by atoms with E-state index in [2.05, 4.69) is 24.0 Å². The van der Waals surface area contributed by atoms with Crippen molar-refractivity contribution in [3.63, 3.8) is 0 Å². The lowest BCUT2D eigenvalue weighted by Gasteiger charge is -2.15. The first-order chi connectivity index (χ1) is 9.04. The third-order valence-electron chi connectivity index (χ3n) is 3.59. The number of hydrogen-bond acceptors (Lipinski definition) is 3. The molecule has 0 unspecified atom stereocenters. The van der Waals surface area contributed by atoms with E-state index in [-0.39, 0.29) is 11.9 Å². The average molecular weight is 262 g/mol. The minimum absolute atomic E-state index is 0.147. The fourth-order valence-corrected chi connectivity index (χ4v) is 2.57. The van der Waals surface area contributed by atoms with E-state index in [1.165, 1.54) is 22.5 Å². The predicted octanol–water partition coefficient (Wildman–Crippen LogP) is 3.13. The van der Waals surface area contributed by atoms with Gasteiger partial charge in [-0.05, 0) is 38.2 Å². The summed E-state index contributed by atoms with van der Waals surface area (Å²) in [5.74, 6) is -0.420. The van der Waals surface area contributed by atoms with Crippen molar-refractivity contribution in [3.8, 4) is 0 Å². The monoisotopic (exact) mass is 262 g/mol. The second-order valence-corrected chi connectivity index (χ2v) is 5.39. The number of carbonyl (C=O) groups is 1. The maximum atomic E-state index is 11.5. The summed E-state index contributed by atoms with van der Waals surface area (Å²) in [5, 5.41) is 4.11. The standard InChI is InChI=1S/C15H22N2O2/c1-5-11-10(4)16-12-7-6-8-13(14(11)12)17-19-15(18)9(2)3/h9,16H,5-8H2,1-4H3/b17-13-. The summed E-state index contributed by atoms with van der Waals surface area (Å²) in [6.45, 7) is 7.86. The van der Waals surface area contributed by atoms with Gasteiger partial charge in [-0.1, -0.05) is 25.9 Å². The molecule has 4 heteroatoms. The molecule has 0 saturated heterocycles. The fourth-order valence-electron chi connectivity index (χ4n) is 2.57. The Bertz CT molecular complexity index is 512. The SMILES string of the molecule is CCc1c(C)[nH]c2c1/C(=N\OC(=O)C(C)C)CCC2. The zero-order valence-corrected chi connectivity index (χ0v) is 12.2. The first-order valence-corrected chi connectivity index (χ1v) is 7.03. The number of aromatic nitrogens is 1. The van der Waals surface area contributed by atoms with Gasteiger partial charge in [-0.2, -0.15) is 0 Å². The zero-order chi connectivity index (χ0) is 14.0. The van der Waals surface area contributed by atoms with Crippen LogP contribution in [0.25, 0.3) is 0 Å². The van der Waals surface area contributed by atoms with Gasteiger partial charge in [0.2, 0.25) is 0 Å². The molecular formula is C15H22N2O2. The molecule has 4 nitrogen and oxygen atoms in total. The van der Waals surface area contributed by atoms with Crippen molar-refractivity contribution in [2.24, 2.45) is 11.1 Å². The van der Waals surface area contributed by atoms with Crippen LogP contribution in [0, 0.1) is 12.8 Å². The second kappa shape index (κ2) is 5.59. The molecule has 1 aromatic heterocycles.